The molecule has 0 unspecified atom stereocenters. The fourth-order valence-corrected chi connectivity index (χ4v) is 6.31. The van der Waals surface area contributed by atoms with Crippen LogP contribution in [0.5, 0.6) is 11.5 Å². The van der Waals surface area contributed by atoms with Crippen molar-refractivity contribution < 1.29 is 13.9 Å². The van der Waals surface area contributed by atoms with Crippen molar-refractivity contribution in [1.82, 2.24) is 20.3 Å². The number of H-pyrrole nitrogens is 1. The third-order valence-corrected chi connectivity index (χ3v) is 8.70. The Labute approximate surface area is 283 Å². The van der Waals surface area contributed by atoms with E-state index in [4.69, 9.17) is 21.1 Å². The summed E-state index contributed by atoms with van der Waals surface area (Å²) in [5, 5.41) is 13.2. The van der Waals surface area contributed by atoms with Crippen molar-refractivity contribution in [3.63, 3.8) is 0 Å². The minimum absolute atomic E-state index is 0.202. The standard InChI is InChI=1S/C39H31ClFN5O2/c40-33-16-28(21-44-23-39-45-22-35(46-39)27-7-2-1-3-8-27)37(47-24-26-15-25(18-42)19-43-20-26)17-38(33)48-36-14-13-30-29(10-6-11-32(30)36)31-9-4-5-12-34(31)41/h1-12,15-17,19-20,22,36,44H,13-14,21,23-24H2,(H,45,46)/t36-/m0/s1. The minimum atomic E-state index is -0.254. The summed E-state index contributed by atoms with van der Waals surface area (Å²) in [6.45, 7) is 1.15. The van der Waals surface area contributed by atoms with Gasteiger partial charge in [0.1, 0.15) is 41.9 Å². The molecule has 7 rings (SSSR count). The summed E-state index contributed by atoms with van der Waals surface area (Å²) >= 11 is 6.86. The normalized spacial score (nSPS) is 13.6. The van der Waals surface area contributed by atoms with Crippen LogP contribution in [0.2, 0.25) is 5.02 Å². The molecule has 4 aromatic carbocycles. The molecule has 0 spiro atoms. The van der Waals surface area contributed by atoms with Crippen LogP contribution in [-0.2, 0) is 26.1 Å². The molecule has 0 aliphatic heterocycles. The summed E-state index contributed by atoms with van der Waals surface area (Å²) in [6.07, 6.45) is 6.26. The van der Waals surface area contributed by atoms with E-state index >= 15 is 0 Å². The molecule has 6 aromatic rings. The highest BCUT2D eigenvalue weighted by Crippen LogP contribution is 2.43. The molecule has 2 aromatic heterocycles. The van der Waals surface area contributed by atoms with E-state index in [1.807, 2.05) is 79.0 Å². The van der Waals surface area contributed by atoms with Crippen molar-refractivity contribution in [1.29, 1.82) is 5.26 Å². The maximum Gasteiger partial charge on any atom is 0.142 e. The molecule has 1 aliphatic carbocycles. The lowest BCUT2D eigenvalue weighted by molar-refractivity contribution is 0.206. The van der Waals surface area contributed by atoms with Crippen LogP contribution < -0.4 is 14.8 Å². The fraction of sp³-hybridized carbons (Fsp3) is 0.154. The first-order chi connectivity index (χ1) is 23.6. The average Bonchev–Trinajstić information content (AvgIpc) is 3.77. The number of hydrogen-bond donors (Lipinski definition) is 2. The topological polar surface area (TPSA) is 95.8 Å². The molecule has 0 radical (unpaired) electrons. The first-order valence-corrected chi connectivity index (χ1v) is 16.1. The number of nitrogens with one attached hydrogen (secondary N) is 2. The number of nitriles is 1. The van der Waals surface area contributed by atoms with Gasteiger partial charge in [0.15, 0.2) is 0 Å². The van der Waals surface area contributed by atoms with Crippen LogP contribution in [-0.4, -0.2) is 15.0 Å². The molecule has 9 heteroatoms. The van der Waals surface area contributed by atoms with Crippen LogP contribution in [0.25, 0.3) is 22.4 Å². The van der Waals surface area contributed by atoms with E-state index in [-0.39, 0.29) is 18.5 Å². The Morgan fingerprint density at radius 2 is 1.75 bits per heavy atom. The monoisotopic (exact) mass is 655 g/mol. The Morgan fingerprint density at radius 3 is 2.60 bits per heavy atom. The van der Waals surface area contributed by atoms with Gasteiger partial charge in [-0.3, -0.25) is 4.98 Å². The Balaban J connectivity index is 1.12. The number of nitrogens with zero attached hydrogens (tertiary/aromatic N) is 3. The molecule has 238 valence electrons. The number of aromatic nitrogens is 3. The Kier molecular flexibility index (Phi) is 9.14. The molecule has 7 nitrogen and oxygen atoms in total. The van der Waals surface area contributed by atoms with E-state index in [0.29, 0.717) is 40.7 Å². The fourth-order valence-electron chi connectivity index (χ4n) is 6.08. The smallest absolute Gasteiger partial charge is 0.142 e. The van der Waals surface area contributed by atoms with Gasteiger partial charge in [-0.15, -0.1) is 0 Å². The van der Waals surface area contributed by atoms with Gasteiger partial charge in [-0.25, -0.2) is 9.37 Å². The second-order valence-corrected chi connectivity index (χ2v) is 12.0. The first kappa shape index (κ1) is 31.1. The van der Waals surface area contributed by atoms with E-state index < -0.39 is 0 Å². The van der Waals surface area contributed by atoms with Gasteiger partial charge < -0.3 is 19.8 Å². The van der Waals surface area contributed by atoms with Gasteiger partial charge in [0.2, 0.25) is 0 Å². The molecule has 48 heavy (non-hydrogen) atoms. The van der Waals surface area contributed by atoms with Gasteiger partial charge in [0.25, 0.3) is 0 Å². The quantitative estimate of drug-likeness (QED) is 0.145. The predicted molar refractivity (Wildman–Crippen MR) is 183 cm³/mol. The third kappa shape index (κ3) is 6.79. The number of hydrogen-bond acceptors (Lipinski definition) is 6. The number of pyridine rings is 1. The molecule has 0 saturated carbocycles. The van der Waals surface area contributed by atoms with Gasteiger partial charge in [-0.1, -0.05) is 78.3 Å². The zero-order chi connectivity index (χ0) is 32.9. The zero-order valence-corrected chi connectivity index (χ0v) is 26.7. The summed E-state index contributed by atoms with van der Waals surface area (Å²) in [7, 11) is 0. The Hall–Kier alpha value is -5.49. The highest BCUT2D eigenvalue weighted by Gasteiger charge is 2.28. The van der Waals surface area contributed by atoms with Crippen LogP contribution in [0.15, 0.2) is 110 Å². The van der Waals surface area contributed by atoms with Crippen LogP contribution >= 0.6 is 11.6 Å². The zero-order valence-electron chi connectivity index (χ0n) is 25.9. The minimum Gasteiger partial charge on any atom is -0.488 e. The molecule has 2 N–H and O–H groups in total. The number of halogens is 2. The summed E-state index contributed by atoms with van der Waals surface area (Å²) in [6, 6.07) is 30.4. The summed E-state index contributed by atoms with van der Waals surface area (Å²) < 4.78 is 27.6. The number of benzene rings is 4. The number of rotatable bonds is 11. The second-order valence-electron chi connectivity index (χ2n) is 11.6. The lowest BCUT2D eigenvalue weighted by atomic mass is 9.96. The van der Waals surface area contributed by atoms with Crippen molar-refractivity contribution in [2.45, 2.75) is 38.6 Å². The van der Waals surface area contributed by atoms with Gasteiger partial charge in [-0.05, 0) is 53.3 Å². The lowest BCUT2D eigenvalue weighted by Crippen LogP contribution is -2.15. The van der Waals surface area contributed by atoms with E-state index in [9.17, 15) is 9.65 Å². The van der Waals surface area contributed by atoms with E-state index in [2.05, 4.69) is 26.3 Å². The number of fused-ring (bicyclic) bond motifs is 1. The Bertz CT molecular complexity index is 2110. The van der Waals surface area contributed by atoms with E-state index in [0.717, 1.165) is 57.7 Å². The van der Waals surface area contributed by atoms with Gasteiger partial charge >= 0.3 is 0 Å². The predicted octanol–water partition coefficient (Wildman–Crippen LogP) is 8.74. The maximum atomic E-state index is 14.7. The molecule has 1 aliphatic rings. The molecule has 0 saturated heterocycles. The number of imidazole rings is 1. The molecule has 0 bridgehead atoms. The summed E-state index contributed by atoms with van der Waals surface area (Å²) in [5.74, 6) is 1.64. The van der Waals surface area contributed by atoms with Crippen LogP contribution in [0.3, 0.4) is 0 Å². The highest BCUT2D eigenvalue weighted by atomic mass is 35.5. The maximum absolute atomic E-state index is 14.7. The van der Waals surface area contributed by atoms with Crippen LogP contribution in [0.1, 0.15) is 46.2 Å². The van der Waals surface area contributed by atoms with Gasteiger partial charge in [0, 0.05) is 41.7 Å². The first-order valence-electron chi connectivity index (χ1n) is 15.7. The van der Waals surface area contributed by atoms with Crippen molar-refractivity contribution in [3.8, 4) is 40.0 Å². The molecule has 1 atom stereocenters. The van der Waals surface area contributed by atoms with Crippen molar-refractivity contribution >= 4 is 11.6 Å². The molecule has 0 fully saturated rings. The van der Waals surface area contributed by atoms with Crippen LogP contribution in [0.4, 0.5) is 4.39 Å². The second kappa shape index (κ2) is 14.1. The van der Waals surface area contributed by atoms with Crippen LogP contribution in [0, 0.1) is 17.1 Å². The molecular formula is C39H31ClFN5O2. The van der Waals surface area contributed by atoms with Crippen molar-refractivity contribution in [2.75, 3.05) is 0 Å². The molecule has 0 amide bonds. The molecule has 2 heterocycles. The van der Waals surface area contributed by atoms with E-state index in [1.54, 1.807) is 18.3 Å². The third-order valence-electron chi connectivity index (χ3n) is 8.40. The Morgan fingerprint density at radius 1 is 0.917 bits per heavy atom. The summed E-state index contributed by atoms with van der Waals surface area (Å²) in [4.78, 5) is 12.1. The lowest BCUT2D eigenvalue weighted by Gasteiger charge is -2.20. The average molecular weight is 656 g/mol. The van der Waals surface area contributed by atoms with Crippen molar-refractivity contribution in [2.24, 2.45) is 0 Å². The van der Waals surface area contributed by atoms with Gasteiger partial charge in [-0.2, -0.15) is 5.26 Å². The van der Waals surface area contributed by atoms with E-state index in [1.165, 1.54) is 12.3 Å². The highest BCUT2D eigenvalue weighted by molar-refractivity contribution is 6.32. The molecular weight excluding hydrogens is 625 g/mol. The largest absolute Gasteiger partial charge is 0.488 e. The van der Waals surface area contributed by atoms with Crippen molar-refractivity contribution in [3.05, 3.63) is 154 Å². The summed E-state index contributed by atoms with van der Waals surface area (Å²) in [5.41, 5.74) is 7.64. The van der Waals surface area contributed by atoms with Gasteiger partial charge in [0.05, 0.1) is 29.0 Å². The number of aromatic amines is 1. The number of ether oxygens (including phenoxy) is 2. The SMILES string of the molecule is N#Cc1cncc(COc2cc(O[C@H]3CCc4c(-c5ccccc5F)cccc43)c(Cl)cc2CNCc2ncc(-c3ccccc3)[nH]2)c1.